The Hall–Kier alpha value is -1.06. The standard InChI is InChI=1S/C17H28N2O/c1-13(2)12-19-11-7-6-9-15(18)17(19)14-8-4-5-10-16(14)20-3/h4-5,8,10,13,15,17H,6-7,9,11-12,18H2,1-3H3. The smallest absolute Gasteiger partial charge is 0.123 e. The van der Waals surface area contributed by atoms with Crippen LogP contribution in [0.1, 0.15) is 44.7 Å². The van der Waals surface area contributed by atoms with Crippen LogP contribution in [0.3, 0.4) is 0 Å². The molecule has 3 heteroatoms. The fourth-order valence-electron chi connectivity index (χ4n) is 3.27. The molecule has 2 N–H and O–H groups in total. The maximum Gasteiger partial charge on any atom is 0.123 e. The topological polar surface area (TPSA) is 38.5 Å². The Morgan fingerprint density at radius 1 is 1.30 bits per heavy atom. The first kappa shape index (κ1) is 15.3. The van der Waals surface area contributed by atoms with Gasteiger partial charge in [0, 0.05) is 18.2 Å². The van der Waals surface area contributed by atoms with Crippen molar-refractivity contribution < 1.29 is 4.74 Å². The van der Waals surface area contributed by atoms with E-state index in [0.717, 1.165) is 25.3 Å². The molecule has 1 saturated heterocycles. The molecule has 1 aromatic rings. The lowest BCUT2D eigenvalue weighted by molar-refractivity contribution is 0.162. The van der Waals surface area contributed by atoms with E-state index >= 15 is 0 Å². The Balaban J connectivity index is 2.34. The number of hydrogen-bond donors (Lipinski definition) is 1. The molecule has 1 aromatic carbocycles. The number of nitrogens with two attached hydrogens (primary N) is 1. The van der Waals surface area contributed by atoms with Gasteiger partial charge >= 0.3 is 0 Å². The molecule has 3 nitrogen and oxygen atoms in total. The SMILES string of the molecule is COc1ccccc1C1C(N)CCCCN1CC(C)C. The molecule has 0 amide bonds. The number of methoxy groups -OCH3 is 1. The number of ether oxygens (including phenoxy) is 1. The van der Waals surface area contributed by atoms with Crippen LogP contribution in [0.4, 0.5) is 0 Å². The number of para-hydroxylation sites is 1. The third kappa shape index (κ3) is 3.53. The van der Waals surface area contributed by atoms with E-state index in [1.165, 1.54) is 18.4 Å². The van der Waals surface area contributed by atoms with Crippen LogP contribution in [0, 0.1) is 5.92 Å². The molecule has 2 rings (SSSR count). The third-order valence-corrected chi connectivity index (χ3v) is 4.09. The summed E-state index contributed by atoms with van der Waals surface area (Å²) in [6.07, 6.45) is 3.56. The van der Waals surface area contributed by atoms with E-state index in [1.807, 2.05) is 12.1 Å². The lowest BCUT2D eigenvalue weighted by Crippen LogP contribution is -2.41. The maximum atomic E-state index is 6.50. The minimum absolute atomic E-state index is 0.188. The Bertz CT molecular complexity index is 419. The van der Waals surface area contributed by atoms with Gasteiger partial charge in [0.2, 0.25) is 0 Å². The first-order chi connectivity index (χ1) is 9.63. The molecule has 1 heterocycles. The molecule has 2 unspecified atom stereocenters. The maximum absolute atomic E-state index is 6.50. The van der Waals surface area contributed by atoms with E-state index in [-0.39, 0.29) is 12.1 Å². The molecule has 112 valence electrons. The Morgan fingerprint density at radius 2 is 2.05 bits per heavy atom. The van der Waals surface area contributed by atoms with Crippen molar-refractivity contribution in [3.8, 4) is 5.75 Å². The van der Waals surface area contributed by atoms with Gasteiger partial charge in [-0.15, -0.1) is 0 Å². The Kier molecular flexibility index (Phi) is 5.44. The van der Waals surface area contributed by atoms with Gasteiger partial charge in [0.05, 0.1) is 13.2 Å². The van der Waals surface area contributed by atoms with Crippen LogP contribution < -0.4 is 10.5 Å². The molecule has 0 radical (unpaired) electrons. The van der Waals surface area contributed by atoms with Gasteiger partial charge in [-0.05, 0) is 31.4 Å². The monoisotopic (exact) mass is 276 g/mol. The average Bonchev–Trinajstić information content (AvgIpc) is 2.60. The lowest BCUT2D eigenvalue weighted by atomic mass is 9.95. The second-order valence-corrected chi connectivity index (χ2v) is 6.24. The Labute approximate surface area is 123 Å². The fraction of sp³-hybridized carbons (Fsp3) is 0.647. The van der Waals surface area contributed by atoms with Crippen LogP contribution in [0.15, 0.2) is 24.3 Å². The number of benzene rings is 1. The van der Waals surface area contributed by atoms with E-state index in [4.69, 9.17) is 10.5 Å². The van der Waals surface area contributed by atoms with E-state index in [1.54, 1.807) is 7.11 Å². The van der Waals surface area contributed by atoms with Crippen molar-refractivity contribution in [1.29, 1.82) is 0 Å². The second-order valence-electron chi connectivity index (χ2n) is 6.24. The summed E-state index contributed by atoms with van der Waals surface area (Å²) in [6.45, 7) is 6.77. The predicted molar refractivity (Wildman–Crippen MR) is 84.0 cm³/mol. The van der Waals surface area contributed by atoms with Crippen LogP contribution in [0.25, 0.3) is 0 Å². The van der Waals surface area contributed by atoms with Crippen molar-refractivity contribution in [2.75, 3.05) is 20.2 Å². The van der Waals surface area contributed by atoms with Crippen molar-refractivity contribution in [3.63, 3.8) is 0 Å². The molecule has 0 aromatic heterocycles. The zero-order chi connectivity index (χ0) is 14.5. The van der Waals surface area contributed by atoms with Gasteiger partial charge in [0.25, 0.3) is 0 Å². The zero-order valence-corrected chi connectivity index (χ0v) is 13.0. The van der Waals surface area contributed by atoms with Crippen LogP contribution >= 0.6 is 0 Å². The highest BCUT2D eigenvalue weighted by Gasteiger charge is 2.30. The van der Waals surface area contributed by atoms with Crippen molar-refractivity contribution in [3.05, 3.63) is 29.8 Å². The first-order valence-corrected chi connectivity index (χ1v) is 7.76. The number of rotatable bonds is 4. The van der Waals surface area contributed by atoms with Crippen molar-refractivity contribution in [1.82, 2.24) is 4.90 Å². The summed E-state index contributed by atoms with van der Waals surface area (Å²) >= 11 is 0. The molecule has 1 aliphatic heterocycles. The van der Waals surface area contributed by atoms with Gasteiger partial charge in [-0.1, -0.05) is 38.5 Å². The van der Waals surface area contributed by atoms with Crippen LogP contribution in [0.5, 0.6) is 5.75 Å². The molecular formula is C17H28N2O. The van der Waals surface area contributed by atoms with Gasteiger partial charge in [0.1, 0.15) is 5.75 Å². The van der Waals surface area contributed by atoms with Gasteiger partial charge in [0.15, 0.2) is 0 Å². The average molecular weight is 276 g/mol. The number of likely N-dealkylation sites (tertiary alicyclic amines) is 1. The van der Waals surface area contributed by atoms with E-state index < -0.39 is 0 Å². The van der Waals surface area contributed by atoms with Crippen molar-refractivity contribution >= 4 is 0 Å². The lowest BCUT2D eigenvalue weighted by Gasteiger charge is -2.35. The first-order valence-electron chi connectivity index (χ1n) is 7.76. The minimum atomic E-state index is 0.188. The summed E-state index contributed by atoms with van der Waals surface area (Å²) in [5, 5.41) is 0. The molecule has 20 heavy (non-hydrogen) atoms. The van der Waals surface area contributed by atoms with E-state index in [0.29, 0.717) is 5.92 Å². The third-order valence-electron chi connectivity index (χ3n) is 4.09. The van der Waals surface area contributed by atoms with Crippen LogP contribution in [0.2, 0.25) is 0 Å². The molecule has 0 spiro atoms. The van der Waals surface area contributed by atoms with Gasteiger partial charge < -0.3 is 10.5 Å². The van der Waals surface area contributed by atoms with E-state index in [2.05, 4.69) is 30.9 Å². The quantitative estimate of drug-likeness (QED) is 0.917. The largest absolute Gasteiger partial charge is 0.496 e. The fourth-order valence-corrected chi connectivity index (χ4v) is 3.27. The summed E-state index contributed by atoms with van der Waals surface area (Å²) in [6, 6.07) is 8.78. The molecule has 0 aliphatic carbocycles. The van der Waals surface area contributed by atoms with Crippen LogP contribution in [-0.4, -0.2) is 31.1 Å². The highest BCUT2D eigenvalue weighted by Crippen LogP contribution is 2.35. The summed E-state index contributed by atoms with van der Waals surface area (Å²) in [5.74, 6) is 1.61. The van der Waals surface area contributed by atoms with Gasteiger partial charge in [-0.2, -0.15) is 0 Å². The van der Waals surface area contributed by atoms with Crippen molar-refractivity contribution in [2.24, 2.45) is 11.7 Å². The van der Waals surface area contributed by atoms with E-state index in [9.17, 15) is 0 Å². The Morgan fingerprint density at radius 3 is 2.75 bits per heavy atom. The molecule has 1 aliphatic rings. The molecular weight excluding hydrogens is 248 g/mol. The minimum Gasteiger partial charge on any atom is -0.496 e. The van der Waals surface area contributed by atoms with Gasteiger partial charge in [-0.25, -0.2) is 0 Å². The van der Waals surface area contributed by atoms with Gasteiger partial charge in [-0.3, -0.25) is 4.90 Å². The second kappa shape index (κ2) is 7.09. The molecule has 0 bridgehead atoms. The summed E-state index contributed by atoms with van der Waals surface area (Å²) in [7, 11) is 1.74. The molecule has 0 saturated carbocycles. The molecule has 2 atom stereocenters. The normalized spacial score (nSPS) is 24.6. The predicted octanol–water partition coefficient (Wildman–Crippen LogP) is 3.21. The summed E-state index contributed by atoms with van der Waals surface area (Å²) < 4.78 is 5.56. The number of hydrogen-bond acceptors (Lipinski definition) is 3. The molecule has 1 fully saturated rings. The zero-order valence-electron chi connectivity index (χ0n) is 13.0. The highest BCUT2D eigenvalue weighted by atomic mass is 16.5. The highest BCUT2D eigenvalue weighted by molar-refractivity contribution is 5.37. The number of nitrogens with zero attached hydrogens (tertiary/aromatic N) is 1. The van der Waals surface area contributed by atoms with Crippen LogP contribution in [-0.2, 0) is 0 Å². The summed E-state index contributed by atoms with van der Waals surface area (Å²) in [4.78, 5) is 2.56. The van der Waals surface area contributed by atoms with Crippen molar-refractivity contribution in [2.45, 2.75) is 45.2 Å². The summed E-state index contributed by atoms with van der Waals surface area (Å²) in [5.41, 5.74) is 7.74.